The van der Waals surface area contributed by atoms with Crippen molar-refractivity contribution in [1.29, 1.82) is 0 Å². The zero-order chi connectivity index (χ0) is 18.2. The zero-order valence-corrected chi connectivity index (χ0v) is 14.7. The average Bonchev–Trinajstić information content (AvgIpc) is 3.03. The van der Waals surface area contributed by atoms with Crippen LogP contribution in [0.3, 0.4) is 0 Å². The third-order valence-corrected chi connectivity index (χ3v) is 4.67. The van der Waals surface area contributed by atoms with Crippen molar-refractivity contribution in [3.63, 3.8) is 0 Å². The second kappa shape index (κ2) is 6.42. The van der Waals surface area contributed by atoms with Gasteiger partial charge in [-0.15, -0.1) is 0 Å². The van der Waals surface area contributed by atoms with E-state index in [0.29, 0.717) is 6.54 Å². The summed E-state index contributed by atoms with van der Waals surface area (Å²) in [5.74, 6) is 0.136. The van der Waals surface area contributed by atoms with Crippen molar-refractivity contribution >= 4 is 12.6 Å². The molecule has 0 unspecified atom stereocenters. The van der Waals surface area contributed by atoms with Crippen LogP contribution in [-0.4, -0.2) is 34.7 Å². The van der Waals surface area contributed by atoms with Crippen LogP contribution in [0.25, 0.3) is 0 Å². The summed E-state index contributed by atoms with van der Waals surface area (Å²) in [5.41, 5.74) is 0.960. The Labute approximate surface area is 146 Å². The number of hydrogen-bond donors (Lipinski definition) is 0. The molecular weight excluding hydrogens is 329 g/mol. The lowest BCUT2D eigenvalue weighted by Gasteiger charge is -2.32. The maximum Gasteiger partial charge on any atom is 0.498 e. The van der Waals surface area contributed by atoms with Gasteiger partial charge >= 0.3 is 13.7 Å². The fourth-order valence-electron chi connectivity index (χ4n) is 2.53. The normalized spacial score (nSPS) is 18.8. The van der Waals surface area contributed by atoms with Gasteiger partial charge in [-0.2, -0.15) is 13.9 Å². The molecule has 0 amide bonds. The van der Waals surface area contributed by atoms with E-state index in [1.54, 1.807) is 23.0 Å². The first-order valence-corrected chi connectivity index (χ1v) is 8.08. The van der Waals surface area contributed by atoms with Crippen molar-refractivity contribution in [2.45, 2.75) is 52.1 Å². The van der Waals surface area contributed by atoms with E-state index in [9.17, 15) is 8.78 Å². The van der Waals surface area contributed by atoms with E-state index >= 15 is 0 Å². The quantitative estimate of drug-likeness (QED) is 0.778. The van der Waals surface area contributed by atoms with Crippen LogP contribution >= 0.6 is 0 Å². The molecule has 2 heterocycles. The van der Waals surface area contributed by atoms with Gasteiger partial charge < -0.3 is 14.0 Å². The minimum Gasteiger partial charge on any atom is -0.435 e. The number of rotatable bonds is 5. The molecule has 0 aliphatic carbocycles. The number of benzene rings is 1. The number of aromatic nitrogens is 2. The summed E-state index contributed by atoms with van der Waals surface area (Å²) in [4.78, 5) is 0. The van der Waals surface area contributed by atoms with Crippen molar-refractivity contribution in [3.8, 4) is 5.75 Å². The number of hydrogen-bond acceptors (Lipinski definition) is 4. The second-order valence-electron chi connectivity index (χ2n) is 7.08. The van der Waals surface area contributed by atoms with Crippen molar-refractivity contribution in [1.82, 2.24) is 9.78 Å². The van der Waals surface area contributed by atoms with Gasteiger partial charge in [0.1, 0.15) is 5.75 Å². The minimum absolute atomic E-state index is 0.136. The topological polar surface area (TPSA) is 45.5 Å². The standard InChI is InChI=1S/C17H21BF2N2O3/c1-16(2)17(3,4)25-18(24-16)13-9-21-22(11-13)10-12-5-7-14(8-6-12)23-15(19)20/h5-9,11,15H,10H2,1-4H3. The molecule has 0 bridgehead atoms. The van der Waals surface area contributed by atoms with E-state index in [-0.39, 0.29) is 5.75 Å². The van der Waals surface area contributed by atoms with Crippen LogP contribution in [-0.2, 0) is 15.9 Å². The van der Waals surface area contributed by atoms with E-state index in [1.807, 2.05) is 33.9 Å². The summed E-state index contributed by atoms with van der Waals surface area (Å²) in [6, 6.07) is 6.49. The predicted molar refractivity (Wildman–Crippen MR) is 90.1 cm³/mol. The Hall–Kier alpha value is -1.93. The third kappa shape index (κ3) is 3.85. The lowest BCUT2D eigenvalue weighted by atomic mass is 9.82. The molecule has 1 aromatic carbocycles. The lowest BCUT2D eigenvalue weighted by Crippen LogP contribution is -2.41. The Morgan fingerprint density at radius 3 is 2.28 bits per heavy atom. The Bertz CT molecular complexity index is 716. The summed E-state index contributed by atoms with van der Waals surface area (Å²) < 4.78 is 42.4. The number of nitrogens with zero attached hydrogens (tertiary/aromatic N) is 2. The molecule has 1 saturated heterocycles. The molecule has 1 aromatic heterocycles. The molecule has 5 nitrogen and oxygen atoms in total. The maximum atomic E-state index is 12.2. The predicted octanol–water partition coefficient (Wildman–Crippen LogP) is 2.83. The molecule has 0 spiro atoms. The van der Waals surface area contributed by atoms with Crippen LogP contribution in [0.1, 0.15) is 33.3 Å². The molecule has 25 heavy (non-hydrogen) atoms. The molecule has 2 aromatic rings. The van der Waals surface area contributed by atoms with Crippen molar-refractivity contribution in [3.05, 3.63) is 42.2 Å². The number of ether oxygens (including phenoxy) is 1. The van der Waals surface area contributed by atoms with Crippen LogP contribution in [0.2, 0.25) is 0 Å². The molecular formula is C17H21BF2N2O3. The van der Waals surface area contributed by atoms with Gasteiger partial charge in [0, 0.05) is 17.9 Å². The summed E-state index contributed by atoms with van der Waals surface area (Å²) in [5, 5.41) is 4.33. The van der Waals surface area contributed by atoms with Gasteiger partial charge in [-0.05, 0) is 45.4 Å². The van der Waals surface area contributed by atoms with E-state index < -0.39 is 24.9 Å². The highest BCUT2D eigenvalue weighted by molar-refractivity contribution is 6.61. The van der Waals surface area contributed by atoms with Gasteiger partial charge in [-0.3, -0.25) is 4.68 Å². The van der Waals surface area contributed by atoms with Crippen LogP contribution in [0.4, 0.5) is 8.78 Å². The van der Waals surface area contributed by atoms with E-state index in [0.717, 1.165) is 11.0 Å². The molecule has 3 rings (SSSR count). The molecule has 1 aliphatic heterocycles. The van der Waals surface area contributed by atoms with Crippen LogP contribution in [0, 0.1) is 0 Å². The monoisotopic (exact) mass is 350 g/mol. The highest BCUT2D eigenvalue weighted by Crippen LogP contribution is 2.36. The van der Waals surface area contributed by atoms with Crippen molar-refractivity contribution in [2.75, 3.05) is 0 Å². The molecule has 8 heteroatoms. The van der Waals surface area contributed by atoms with Crippen LogP contribution in [0.15, 0.2) is 36.7 Å². The van der Waals surface area contributed by atoms with Gasteiger partial charge in [0.2, 0.25) is 0 Å². The summed E-state index contributed by atoms with van der Waals surface area (Å²) in [6.45, 7) is 5.69. The van der Waals surface area contributed by atoms with Gasteiger partial charge in [-0.25, -0.2) is 0 Å². The lowest BCUT2D eigenvalue weighted by molar-refractivity contribution is -0.0498. The largest absolute Gasteiger partial charge is 0.498 e. The summed E-state index contributed by atoms with van der Waals surface area (Å²) in [7, 11) is -0.458. The van der Waals surface area contributed by atoms with Gasteiger partial charge in [0.25, 0.3) is 0 Å². The SMILES string of the molecule is CC1(C)OB(c2cnn(Cc3ccc(OC(F)F)cc3)c2)OC1(C)C. The highest BCUT2D eigenvalue weighted by atomic mass is 19.3. The second-order valence-corrected chi connectivity index (χ2v) is 7.08. The molecule has 0 N–H and O–H groups in total. The maximum absolute atomic E-state index is 12.2. The van der Waals surface area contributed by atoms with E-state index in [1.165, 1.54) is 12.1 Å². The Morgan fingerprint density at radius 2 is 1.72 bits per heavy atom. The number of halogens is 2. The van der Waals surface area contributed by atoms with Gasteiger partial charge in [-0.1, -0.05) is 12.1 Å². The van der Waals surface area contributed by atoms with E-state index in [4.69, 9.17) is 9.31 Å². The molecule has 0 radical (unpaired) electrons. The third-order valence-electron chi connectivity index (χ3n) is 4.67. The van der Waals surface area contributed by atoms with Gasteiger partial charge in [0.05, 0.1) is 17.7 Å². The first-order chi connectivity index (χ1) is 11.7. The zero-order valence-electron chi connectivity index (χ0n) is 14.7. The van der Waals surface area contributed by atoms with Crippen LogP contribution in [0.5, 0.6) is 5.75 Å². The molecule has 0 atom stereocenters. The Balaban J connectivity index is 1.66. The minimum atomic E-state index is -2.82. The first kappa shape index (κ1) is 17.9. The van der Waals surface area contributed by atoms with Crippen LogP contribution < -0.4 is 10.2 Å². The van der Waals surface area contributed by atoms with Crippen molar-refractivity contribution in [2.24, 2.45) is 0 Å². The Morgan fingerprint density at radius 1 is 1.12 bits per heavy atom. The molecule has 1 fully saturated rings. The Kier molecular flexibility index (Phi) is 4.59. The fourth-order valence-corrected chi connectivity index (χ4v) is 2.53. The molecule has 1 aliphatic rings. The summed E-state index contributed by atoms with van der Waals surface area (Å²) in [6.07, 6.45) is 3.59. The summed E-state index contributed by atoms with van der Waals surface area (Å²) >= 11 is 0. The highest BCUT2D eigenvalue weighted by Gasteiger charge is 2.52. The first-order valence-electron chi connectivity index (χ1n) is 8.08. The van der Waals surface area contributed by atoms with Gasteiger partial charge in [0.15, 0.2) is 0 Å². The fraction of sp³-hybridized carbons (Fsp3) is 0.471. The smallest absolute Gasteiger partial charge is 0.435 e. The molecule has 0 saturated carbocycles. The van der Waals surface area contributed by atoms with Crippen molar-refractivity contribution < 1.29 is 22.8 Å². The van der Waals surface area contributed by atoms with E-state index in [2.05, 4.69) is 9.84 Å². The number of alkyl halides is 2. The average molecular weight is 350 g/mol. The molecule has 134 valence electrons.